The highest BCUT2D eigenvalue weighted by Crippen LogP contribution is 2.39. The fourth-order valence-electron chi connectivity index (χ4n) is 3.14. The van der Waals surface area contributed by atoms with E-state index in [1.807, 2.05) is 20.8 Å². The van der Waals surface area contributed by atoms with Gasteiger partial charge < -0.3 is 9.64 Å². The third-order valence-corrected chi connectivity index (χ3v) is 3.90. The van der Waals surface area contributed by atoms with Gasteiger partial charge >= 0.3 is 6.09 Å². The molecule has 1 aliphatic carbocycles. The summed E-state index contributed by atoms with van der Waals surface area (Å²) >= 11 is 0. The number of Topliss-reactive ketones (excluding diaryl/α,β-unsaturated/α-hetero) is 1. The Morgan fingerprint density at radius 2 is 1.94 bits per heavy atom. The van der Waals surface area contributed by atoms with Crippen molar-refractivity contribution >= 4 is 11.9 Å². The summed E-state index contributed by atoms with van der Waals surface area (Å²) < 4.78 is 5.40. The maximum atomic E-state index is 12.0. The van der Waals surface area contributed by atoms with Gasteiger partial charge in [-0.15, -0.1) is 0 Å². The standard InChI is InChI=1S/C14H23NO3/c1-9-7-15(13(17)18-14(2,3)4)8-10-5-11(16)6-12(9)10/h9-10,12H,5-8H2,1-4H3/t9-,10+,12-/m1/s1. The topological polar surface area (TPSA) is 46.6 Å². The highest BCUT2D eigenvalue weighted by atomic mass is 16.6. The van der Waals surface area contributed by atoms with Gasteiger partial charge in [0.15, 0.2) is 0 Å². The quantitative estimate of drug-likeness (QED) is 0.666. The van der Waals surface area contributed by atoms with Crippen LogP contribution >= 0.6 is 0 Å². The van der Waals surface area contributed by atoms with Gasteiger partial charge in [0.2, 0.25) is 0 Å². The van der Waals surface area contributed by atoms with Crippen molar-refractivity contribution in [3.63, 3.8) is 0 Å². The minimum atomic E-state index is -0.456. The first kappa shape index (κ1) is 13.4. The summed E-state index contributed by atoms with van der Waals surface area (Å²) in [7, 11) is 0. The van der Waals surface area contributed by atoms with Crippen LogP contribution in [0.3, 0.4) is 0 Å². The monoisotopic (exact) mass is 253 g/mol. The van der Waals surface area contributed by atoms with Crippen molar-refractivity contribution in [2.45, 2.75) is 46.1 Å². The van der Waals surface area contributed by atoms with Crippen LogP contribution in [0.5, 0.6) is 0 Å². The van der Waals surface area contributed by atoms with E-state index in [1.165, 1.54) is 0 Å². The van der Waals surface area contributed by atoms with Gasteiger partial charge in [-0.3, -0.25) is 4.79 Å². The molecule has 1 saturated heterocycles. The highest BCUT2D eigenvalue weighted by Gasteiger charge is 2.43. The van der Waals surface area contributed by atoms with Gasteiger partial charge in [-0.1, -0.05) is 6.92 Å². The lowest BCUT2D eigenvalue weighted by molar-refractivity contribution is -0.117. The zero-order valence-corrected chi connectivity index (χ0v) is 11.7. The summed E-state index contributed by atoms with van der Waals surface area (Å²) in [5.74, 6) is 1.55. The van der Waals surface area contributed by atoms with Gasteiger partial charge in [0.05, 0.1) is 0 Å². The first-order chi connectivity index (χ1) is 8.26. The van der Waals surface area contributed by atoms with Gasteiger partial charge in [-0.25, -0.2) is 4.79 Å². The smallest absolute Gasteiger partial charge is 0.410 e. The summed E-state index contributed by atoms with van der Waals surface area (Å²) in [4.78, 5) is 25.3. The molecular formula is C14H23NO3. The van der Waals surface area contributed by atoms with Crippen LogP contribution in [0.2, 0.25) is 0 Å². The maximum Gasteiger partial charge on any atom is 0.410 e. The summed E-state index contributed by atoms with van der Waals surface area (Å²) in [5.41, 5.74) is -0.456. The molecule has 1 amide bonds. The lowest BCUT2D eigenvalue weighted by atomic mass is 9.81. The number of ether oxygens (including phenoxy) is 1. The molecule has 0 unspecified atom stereocenters. The van der Waals surface area contributed by atoms with Crippen LogP contribution in [0.15, 0.2) is 0 Å². The van der Waals surface area contributed by atoms with Crippen molar-refractivity contribution in [2.24, 2.45) is 17.8 Å². The van der Waals surface area contributed by atoms with Gasteiger partial charge in [0.25, 0.3) is 0 Å². The summed E-state index contributed by atoms with van der Waals surface area (Å²) in [5, 5.41) is 0. The average molecular weight is 253 g/mol. The van der Waals surface area contributed by atoms with Crippen molar-refractivity contribution in [3.05, 3.63) is 0 Å². The zero-order valence-electron chi connectivity index (χ0n) is 11.7. The lowest BCUT2D eigenvalue weighted by Crippen LogP contribution is -2.48. The van der Waals surface area contributed by atoms with E-state index in [0.717, 1.165) is 0 Å². The summed E-state index contributed by atoms with van der Waals surface area (Å²) in [6.45, 7) is 9.15. The van der Waals surface area contributed by atoms with Crippen LogP contribution in [0.1, 0.15) is 40.5 Å². The van der Waals surface area contributed by atoms with Crippen molar-refractivity contribution in [2.75, 3.05) is 13.1 Å². The number of carbonyl (C=O) groups excluding carboxylic acids is 2. The minimum absolute atomic E-state index is 0.243. The Balaban J connectivity index is 2.00. The van der Waals surface area contributed by atoms with Crippen LogP contribution in [-0.4, -0.2) is 35.5 Å². The average Bonchev–Trinajstić information content (AvgIpc) is 2.56. The molecule has 0 spiro atoms. The van der Waals surface area contributed by atoms with Crippen LogP contribution in [0.25, 0.3) is 0 Å². The zero-order chi connectivity index (χ0) is 13.5. The van der Waals surface area contributed by atoms with E-state index in [0.29, 0.717) is 49.5 Å². The van der Waals surface area contributed by atoms with Gasteiger partial charge in [0, 0.05) is 25.9 Å². The molecule has 1 saturated carbocycles. The van der Waals surface area contributed by atoms with E-state index >= 15 is 0 Å². The highest BCUT2D eigenvalue weighted by molar-refractivity contribution is 5.81. The fraction of sp³-hybridized carbons (Fsp3) is 0.857. The molecule has 4 nitrogen and oxygen atoms in total. The van der Waals surface area contributed by atoms with Crippen LogP contribution < -0.4 is 0 Å². The molecule has 102 valence electrons. The molecule has 0 radical (unpaired) electrons. The molecule has 1 aliphatic heterocycles. The van der Waals surface area contributed by atoms with E-state index in [1.54, 1.807) is 4.90 Å². The number of amides is 1. The Kier molecular flexibility index (Phi) is 3.39. The largest absolute Gasteiger partial charge is 0.444 e. The number of rotatable bonds is 0. The van der Waals surface area contributed by atoms with Crippen LogP contribution in [0.4, 0.5) is 4.79 Å². The van der Waals surface area contributed by atoms with Crippen molar-refractivity contribution < 1.29 is 14.3 Å². The molecule has 2 rings (SSSR count). The summed E-state index contributed by atoms with van der Waals surface area (Å²) in [6.07, 6.45) is 1.09. The number of fused-ring (bicyclic) bond motifs is 1. The molecule has 0 aromatic rings. The third kappa shape index (κ3) is 2.85. The molecule has 0 aromatic carbocycles. The second kappa shape index (κ2) is 4.56. The van der Waals surface area contributed by atoms with Crippen LogP contribution in [-0.2, 0) is 9.53 Å². The molecule has 2 fully saturated rings. The van der Waals surface area contributed by atoms with Crippen molar-refractivity contribution in [3.8, 4) is 0 Å². The van der Waals surface area contributed by atoms with E-state index < -0.39 is 5.60 Å². The number of hydrogen-bond donors (Lipinski definition) is 0. The fourth-order valence-corrected chi connectivity index (χ4v) is 3.14. The Hall–Kier alpha value is -1.06. The predicted octanol–water partition coefficient (Wildman–Crippen LogP) is 2.47. The molecule has 0 N–H and O–H groups in total. The Labute approximate surface area is 109 Å². The van der Waals surface area contributed by atoms with E-state index in [4.69, 9.17) is 4.74 Å². The SMILES string of the molecule is C[C@@H]1CN(C(=O)OC(C)(C)C)C[C@@H]2CC(=O)C[C@@H]21. The van der Waals surface area contributed by atoms with Crippen molar-refractivity contribution in [1.82, 2.24) is 4.90 Å². The van der Waals surface area contributed by atoms with Gasteiger partial charge in [-0.2, -0.15) is 0 Å². The molecular weight excluding hydrogens is 230 g/mol. The normalized spacial score (nSPS) is 32.3. The number of piperidine rings is 1. The molecule has 0 aromatic heterocycles. The number of ketones is 1. The predicted molar refractivity (Wildman–Crippen MR) is 68.2 cm³/mol. The van der Waals surface area contributed by atoms with Gasteiger partial charge in [-0.05, 0) is 38.5 Å². The Bertz CT molecular complexity index is 359. The van der Waals surface area contributed by atoms with E-state index in [9.17, 15) is 9.59 Å². The molecule has 3 atom stereocenters. The second-order valence-electron chi connectivity index (χ2n) is 6.73. The minimum Gasteiger partial charge on any atom is -0.444 e. The van der Waals surface area contributed by atoms with E-state index in [2.05, 4.69) is 6.92 Å². The number of likely N-dealkylation sites (tertiary alicyclic amines) is 1. The molecule has 18 heavy (non-hydrogen) atoms. The number of hydrogen-bond acceptors (Lipinski definition) is 3. The molecule has 2 aliphatic rings. The lowest BCUT2D eigenvalue weighted by Gasteiger charge is -2.39. The number of carbonyl (C=O) groups is 2. The third-order valence-electron chi connectivity index (χ3n) is 3.90. The van der Waals surface area contributed by atoms with Crippen LogP contribution in [0, 0.1) is 17.8 Å². The Morgan fingerprint density at radius 3 is 2.56 bits per heavy atom. The molecule has 1 heterocycles. The van der Waals surface area contributed by atoms with Gasteiger partial charge in [0.1, 0.15) is 11.4 Å². The summed E-state index contributed by atoms with van der Waals surface area (Å²) in [6, 6.07) is 0. The maximum absolute atomic E-state index is 12.0. The second-order valence-corrected chi connectivity index (χ2v) is 6.73. The van der Waals surface area contributed by atoms with Crippen molar-refractivity contribution in [1.29, 1.82) is 0 Å². The molecule has 0 bridgehead atoms. The molecule has 4 heteroatoms. The Morgan fingerprint density at radius 1 is 1.28 bits per heavy atom. The number of nitrogens with zero attached hydrogens (tertiary/aromatic N) is 1. The first-order valence-electron chi connectivity index (χ1n) is 6.76. The first-order valence-corrected chi connectivity index (χ1v) is 6.76. The van der Waals surface area contributed by atoms with E-state index in [-0.39, 0.29) is 6.09 Å².